The van der Waals surface area contributed by atoms with Crippen molar-refractivity contribution < 1.29 is 9.53 Å². The molecule has 3 rings (SSSR count). The number of hydrogen-bond acceptors (Lipinski definition) is 2. The number of carbonyl (C=O) groups excluding carboxylic acids is 1. The summed E-state index contributed by atoms with van der Waals surface area (Å²) < 4.78 is 5.56. The Balaban J connectivity index is 2.38. The Morgan fingerprint density at radius 2 is 2.38 bits per heavy atom. The molecule has 1 N–H and O–H groups in total. The maximum atomic E-state index is 10.9. The van der Waals surface area contributed by atoms with Crippen LogP contribution in [0, 0.1) is 0 Å². The van der Waals surface area contributed by atoms with Crippen LogP contribution < -0.4 is 4.74 Å². The zero-order valence-corrected chi connectivity index (χ0v) is 9.30. The number of ether oxygens (including phenoxy) is 1. The molecule has 0 unspecified atom stereocenters. The molecule has 0 aliphatic carbocycles. The molecule has 1 aromatic heterocycles. The van der Waals surface area contributed by atoms with E-state index >= 15 is 0 Å². The number of hydrogen-bond donors (Lipinski definition) is 1. The van der Waals surface area contributed by atoms with Gasteiger partial charge in [0.1, 0.15) is 5.75 Å². The summed E-state index contributed by atoms with van der Waals surface area (Å²) in [6, 6.07) is 1.79. The number of aromatic amines is 1. The number of nitrogens with one attached hydrogen (secondary N) is 1. The highest BCUT2D eigenvalue weighted by molar-refractivity contribution is 6.33. The summed E-state index contributed by atoms with van der Waals surface area (Å²) in [6.07, 6.45) is 4.47. The predicted molar refractivity (Wildman–Crippen MR) is 62.5 cm³/mol. The van der Waals surface area contributed by atoms with Crippen molar-refractivity contribution in [2.24, 2.45) is 0 Å². The lowest BCUT2D eigenvalue weighted by Crippen LogP contribution is -2.09. The summed E-state index contributed by atoms with van der Waals surface area (Å²) in [6.45, 7) is 0.708. The number of benzene rings is 1. The Morgan fingerprint density at radius 3 is 3.19 bits per heavy atom. The van der Waals surface area contributed by atoms with E-state index in [0.29, 0.717) is 17.2 Å². The normalized spacial score (nSPS) is 14.6. The number of halogens is 1. The van der Waals surface area contributed by atoms with Gasteiger partial charge in [-0.3, -0.25) is 4.79 Å². The summed E-state index contributed by atoms with van der Waals surface area (Å²) in [5.74, 6) is 0.764. The quantitative estimate of drug-likeness (QED) is 0.773. The molecule has 1 aromatic carbocycles. The molecule has 0 saturated carbocycles. The predicted octanol–water partition coefficient (Wildman–Crippen LogP) is 2.96. The fourth-order valence-electron chi connectivity index (χ4n) is 2.22. The van der Waals surface area contributed by atoms with Gasteiger partial charge < -0.3 is 9.72 Å². The van der Waals surface area contributed by atoms with Crippen LogP contribution in [0.3, 0.4) is 0 Å². The van der Waals surface area contributed by atoms with Gasteiger partial charge in [-0.15, -0.1) is 0 Å². The Bertz CT molecular complexity index is 574. The van der Waals surface area contributed by atoms with Crippen LogP contribution in [0.1, 0.15) is 22.3 Å². The Kier molecular flexibility index (Phi) is 2.14. The second kappa shape index (κ2) is 3.52. The minimum atomic E-state index is 0.588. The molecule has 82 valence electrons. The van der Waals surface area contributed by atoms with E-state index < -0.39 is 0 Å². The van der Waals surface area contributed by atoms with Crippen LogP contribution in [0.4, 0.5) is 0 Å². The maximum Gasteiger partial charge on any atom is 0.152 e. The average molecular weight is 236 g/mol. The minimum Gasteiger partial charge on any atom is -0.492 e. The van der Waals surface area contributed by atoms with Gasteiger partial charge >= 0.3 is 0 Å². The highest BCUT2D eigenvalue weighted by atomic mass is 35.5. The third-order valence-electron chi connectivity index (χ3n) is 2.96. The molecule has 0 spiro atoms. The van der Waals surface area contributed by atoms with Gasteiger partial charge in [-0.2, -0.15) is 0 Å². The van der Waals surface area contributed by atoms with Crippen LogP contribution in [0.15, 0.2) is 12.3 Å². The number of aldehydes is 1. The fraction of sp³-hybridized carbons (Fsp3) is 0.250. The Morgan fingerprint density at radius 1 is 1.50 bits per heavy atom. The number of aromatic nitrogens is 1. The number of rotatable bonds is 1. The smallest absolute Gasteiger partial charge is 0.152 e. The molecule has 16 heavy (non-hydrogen) atoms. The first kappa shape index (κ1) is 9.73. The lowest BCUT2D eigenvalue weighted by atomic mass is 10.0. The van der Waals surface area contributed by atoms with Gasteiger partial charge in [0.15, 0.2) is 6.29 Å². The van der Waals surface area contributed by atoms with Crippen LogP contribution in [0.5, 0.6) is 5.75 Å². The van der Waals surface area contributed by atoms with Gasteiger partial charge in [0.2, 0.25) is 0 Å². The van der Waals surface area contributed by atoms with Crippen LogP contribution in [-0.4, -0.2) is 17.9 Å². The van der Waals surface area contributed by atoms with E-state index in [0.717, 1.165) is 41.3 Å². The molecule has 4 heteroatoms. The lowest BCUT2D eigenvalue weighted by Gasteiger charge is -2.19. The summed E-state index contributed by atoms with van der Waals surface area (Å²) in [4.78, 5) is 14.0. The summed E-state index contributed by atoms with van der Waals surface area (Å²) in [5.41, 5.74) is 2.70. The van der Waals surface area contributed by atoms with Crippen LogP contribution in [0.2, 0.25) is 5.02 Å². The molecule has 2 heterocycles. The molecule has 0 bridgehead atoms. The van der Waals surface area contributed by atoms with E-state index in [9.17, 15) is 4.79 Å². The number of fused-ring (bicyclic) bond motifs is 3. The van der Waals surface area contributed by atoms with Gasteiger partial charge in [-0.05, 0) is 18.9 Å². The largest absolute Gasteiger partial charge is 0.492 e. The van der Waals surface area contributed by atoms with Crippen molar-refractivity contribution in [2.75, 3.05) is 6.61 Å². The van der Waals surface area contributed by atoms with E-state index in [1.165, 1.54) is 0 Å². The maximum absolute atomic E-state index is 10.9. The van der Waals surface area contributed by atoms with Crippen molar-refractivity contribution in [3.05, 3.63) is 28.4 Å². The first-order chi connectivity index (χ1) is 7.81. The third-order valence-corrected chi connectivity index (χ3v) is 3.24. The summed E-state index contributed by atoms with van der Waals surface area (Å²) in [5, 5.41) is 1.47. The lowest BCUT2D eigenvalue weighted by molar-refractivity contribution is 0.112. The molecule has 1 aliphatic rings. The molecule has 0 fully saturated rings. The van der Waals surface area contributed by atoms with E-state index in [4.69, 9.17) is 16.3 Å². The minimum absolute atomic E-state index is 0.588. The van der Waals surface area contributed by atoms with Gasteiger partial charge in [0.25, 0.3) is 0 Å². The van der Waals surface area contributed by atoms with Crippen molar-refractivity contribution in [1.29, 1.82) is 0 Å². The molecule has 3 nitrogen and oxygen atoms in total. The highest BCUT2D eigenvalue weighted by Crippen LogP contribution is 2.38. The Labute approximate surface area is 97.4 Å². The SMILES string of the molecule is O=Cc1c[nH]c2c3c(c(Cl)cc12)OCCC3. The van der Waals surface area contributed by atoms with E-state index in [-0.39, 0.29) is 0 Å². The van der Waals surface area contributed by atoms with E-state index in [1.807, 2.05) is 0 Å². The monoisotopic (exact) mass is 235 g/mol. The first-order valence-corrected chi connectivity index (χ1v) is 5.59. The zero-order valence-electron chi connectivity index (χ0n) is 8.55. The molecule has 0 amide bonds. The van der Waals surface area contributed by atoms with Crippen LogP contribution in [0.25, 0.3) is 10.9 Å². The standard InChI is InChI=1S/C12H10ClNO2/c13-10-4-9-7(6-15)5-14-11(9)8-2-1-3-16-12(8)10/h4-6,14H,1-3H2. The van der Waals surface area contributed by atoms with Crippen molar-refractivity contribution in [1.82, 2.24) is 4.98 Å². The zero-order chi connectivity index (χ0) is 11.1. The molecular formula is C12H10ClNO2. The molecule has 2 aromatic rings. The van der Waals surface area contributed by atoms with Gasteiger partial charge in [-0.1, -0.05) is 11.6 Å². The second-order valence-corrected chi connectivity index (χ2v) is 4.31. The number of aryl methyl sites for hydroxylation is 1. The highest BCUT2D eigenvalue weighted by Gasteiger charge is 2.19. The summed E-state index contributed by atoms with van der Waals surface area (Å²) in [7, 11) is 0. The topological polar surface area (TPSA) is 42.1 Å². The summed E-state index contributed by atoms with van der Waals surface area (Å²) >= 11 is 6.15. The van der Waals surface area contributed by atoms with Gasteiger partial charge in [-0.25, -0.2) is 0 Å². The molecule has 0 atom stereocenters. The first-order valence-electron chi connectivity index (χ1n) is 5.21. The molecule has 0 saturated heterocycles. The molecular weight excluding hydrogens is 226 g/mol. The second-order valence-electron chi connectivity index (χ2n) is 3.90. The fourth-order valence-corrected chi connectivity index (χ4v) is 2.50. The molecule has 0 radical (unpaired) electrons. The van der Waals surface area contributed by atoms with Crippen molar-refractivity contribution in [3.63, 3.8) is 0 Å². The number of H-pyrrole nitrogens is 1. The van der Waals surface area contributed by atoms with Gasteiger partial charge in [0.05, 0.1) is 17.1 Å². The molecule has 1 aliphatic heterocycles. The number of carbonyl (C=O) groups is 1. The van der Waals surface area contributed by atoms with E-state index in [1.54, 1.807) is 12.3 Å². The van der Waals surface area contributed by atoms with Gasteiger partial charge in [0, 0.05) is 22.7 Å². The van der Waals surface area contributed by atoms with E-state index in [2.05, 4.69) is 4.98 Å². The third kappa shape index (κ3) is 1.25. The van der Waals surface area contributed by atoms with Crippen LogP contribution in [-0.2, 0) is 6.42 Å². The Hall–Kier alpha value is -1.48. The van der Waals surface area contributed by atoms with Crippen molar-refractivity contribution in [2.45, 2.75) is 12.8 Å². The van der Waals surface area contributed by atoms with Crippen molar-refractivity contribution in [3.8, 4) is 5.75 Å². The van der Waals surface area contributed by atoms with Crippen molar-refractivity contribution >= 4 is 28.8 Å². The van der Waals surface area contributed by atoms with Crippen LogP contribution >= 0.6 is 11.6 Å². The average Bonchev–Trinajstić information content (AvgIpc) is 2.72.